The molecule has 0 unspecified atom stereocenters. The van der Waals surface area contributed by atoms with E-state index in [4.69, 9.17) is 5.11 Å². The quantitative estimate of drug-likeness (QED) is 0.628. The zero-order valence-corrected chi connectivity index (χ0v) is 12.0. The van der Waals surface area contributed by atoms with E-state index < -0.39 is 10.9 Å². The van der Waals surface area contributed by atoms with Crippen molar-refractivity contribution in [2.24, 2.45) is 0 Å². The van der Waals surface area contributed by atoms with Crippen LogP contribution in [-0.2, 0) is 13.0 Å². The molecule has 0 bridgehead atoms. The lowest BCUT2D eigenvalue weighted by molar-refractivity contribution is -0.385. The van der Waals surface area contributed by atoms with Crippen molar-refractivity contribution in [3.05, 3.63) is 49.8 Å². The first kappa shape index (κ1) is 14.9. The van der Waals surface area contributed by atoms with Gasteiger partial charge in [0.2, 0.25) is 0 Å². The van der Waals surface area contributed by atoms with Crippen LogP contribution in [0.15, 0.2) is 23.7 Å². The number of pyridine rings is 1. The molecule has 7 nitrogen and oxygen atoms in total. The zero-order chi connectivity index (χ0) is 15.4. The molecule has 0 aliphatic heterocycles. The van der Waals surface area contributed by atoms with Crippen LogP contribution in [0.5, 0.6) is 0 Å². The Morgan fingerprint density at radius 3 is 2.95 bits per heavy atom. The Morgan fingerprint density at radius 2 is 2.33 bits per heavy atom. The van der Waals surface area contributed by atoms with Crippen LogP contribution in [-0.4, -0.2) is 21.0 Å². The third kappa shape index (κ3) is 3.34. The van der Waals surface area contributed by atoms with Gasteiger partial charge in [0.25, 0.3) is 5.69 Å². The van der Waals surface area contributed by atoms with Crippen LogP contribution in [0.25, 0.3) is 0 Å². The van der Waals surface area contributed by atoms with Crippen molar-refractivity contribution in [2.75, 3.05) is 5.32 Å². The second-order valence-electron chi connectivity index (χ2n) is 4.23. The number of aromatic nitrogens is 1. The molecule has 2 N–H and O–H groups in total. The van der Waals surface area contributed by atoms with Gasteiger partial charge in [-0.05, 0) is 23.4 Å². The minimum atomic E-state index is -1.25. The fourth-order valence-corrected chi connectivity index (χ4v) is 2.77. The summed E-state index contributed by atoms with van der Waals surface area (Å²) in [6.45, 7) is 2.48. The predicted molar refractivity (Wildman–Crippen MR) is 78.9 cm³/mol. The summed E-state index contributed by atoms with van der Waals surface area (Å²) in [6.07, 6.45) is 1.93. The molecule has 0 amide bonds. The summed E-state index contributed by atoms with van der Waals surface area (Å²) in [4.78, 5) is 26.1. The molecule has 0 saturated heterocycles. The van der Waals surface area contributed by atoms with Gasteiger partial charge in [-0.3, -0.25) is 10.1 Å². The van der Waals surface area contributed by atoms with Crippen LogP contribution in [0, 0.1) is 10.1 Å². The number of anilines is 1. The molecule has 110 valence electrons. The number of carbonyl (C=O) groups is 1. The Labute approximate surface area is 124 Å². The number of nitro groups is 1. The molecular weight excluding hydrogens is 294 g/mol. The normalized spacial score (nSPS) is 10.3. The summed E-state index contributed by atoms with van der Waals surface area (Å²) in [5.74, 6) is -1.13. The van der Waals surface area contributed by atoms with Gasteiger partial charge >= 0.3 is 5.97 Å². The lowest BCUT2D eigenvalue weighted by atomic mass is 10.2. The average Bonchev–Trinajstić information content (AvgIpc) is 2.92. The molecule has 2 aromatic heterocycles. The van der Waals surface area contributed by atoms with Crippen LogP contribution in [0.4, 0.5) is 11.5 Å². The molecule has 0 radical (unpaired) electrons. The molecule has 0 aliphatic rings. The topological polar surface area (TPSA) is 105 Å². The third-order valence-corrected chi connectivity index (χ3v) is 3.91. The van der Waals surface area contributed by atoms with Gasteiger partial charge in [0.1, 0.15) is 17.6 Å². The van der Waals surface area contributed by atoms with E-state index in [0.29, 0.717) is 6.54 Å². The Balaban J connectivity index is 2.23. The van der Waals surface area contributed by atoms with Crippen molar-refractivity contribution in [3.63, 3.8) is 0 Å². The first-order valence-electron chi connectivity index (χ1n) is 6.19. The first-order chi connectivity index (χ1) is 10.0. The number of carboxylic acid groups (broad SMARTS) is 1. The van der Waals surface area contributed by atoms with Gasteiger partial charge < -0.3 is 10.4 Å². The van der Waals surface area contributed by atoms with E-state index in [1.165, 1.54) is 5.56 Å². The van der Waals surface area contributed by atoms with E-state index in [1.807, 2.05) is 18.4 Å². The summed E-state index contributed by atoms with van der Waals surface area (Å²) in [7, 11) is 0. The summed E-state index contributed by atoms with van der Waals surface area (Å²) in [5, 5.41) is 24.7. The predicted octanol–water partition coefficient (Wildman–Crippen LogP) is 2.92. The number of rotatable bonds is 6. The largest absolute Gasteiger partial charge is 0.478 e. The smallest absolute Gasteiger partial charge is 0.339 e. The molecule has 0 aliphatic carbocycles. The molecule has 2 heterocycles. The highest BCUT2D eigenvalue weighted by Gasteiger charge is 2.17. The molecule has 0 spiro atoms. The minimum Gasteiger partial charge on any atom is -0.478 e. The highest BCUT2D eigenvalue weighted by molar-refractivity contribution is 7.10. The summed E-state index contributed by atoms with van der Waals surface area (Å²) < 4.78 is 0. The average molecular weight is 307 g/mol. The van der Waals surface area contributed by atoms with Gasteiger partial charge in [-0.25, -0.2) is 9.78 Å². The first-order valence-corrected chi connectivity index (χ1v) is 7.07. The van der Waals surface area contributed by atoms with E-state index in [2.05, 4.69) is 10.3 Å². The molecule has 8 heteroatoms. The Kier molecular flexibility index (Phi) is 4.49. The van der Waals surface area contributed by atoms with E-state index in [1.54, 1.807) is 11.3 Å². The maximum absolute atomic E-state index is 11.2. The van der Waals surface area contributed by atoms with Crippen molar-refractivity contribution < 1.29 is 14.8 Å². The molecule has 0 fully saturated rings. The van der Waals surface area contributed by atoms with Gasteiger partial charge in [-0.15, -0.1) is 11.3 Å². The van der Waals surface area contributed by atoms with Crippen molar-refractivity contribution in [3.8, 4) is 0 Å². The lowest BCUT2D eigenvalue weighted by Gasteiger charge is -2.08. The molecule has 0 saturated carbocycles. The number of hydrogen-bond acceptors (Lipinski definition) is 6. The SMILES string of the molecule is CCc1ccsc1CNc1ncc([N+](=O)[O-])cc1C(=O)O. The Morgan fingerprint density at radius 1 is 1.57 bits per heavy atom. The van der Waals surface area contributed by atoms with Gasteiger partial charge in [0.05, 0.1) is 11.5 Å². The fraction of sp³-hybridized carbons (Fsp3) is 0.231. The molecule has 21 heavy (non-hydrogen) atoms. The van der Waals surface area contributed by atoms with E-state index in [0.717, 1.165) is 23.6 Å². The number of carboxylic acids is 1. The van der Waals surface area contributed by atoms with E-state index in [9.17, 15) is 14.9 Å². The van der Waals surface area contributed by atoms with Crippen LogP contribution in [0.2, 0.25) is 0 Å². The molecule has 0 atom stereocenters. The zero-order valence-electron chi connectivity index (χ0n) is 11.2. The minimum absolute atomic E-state index is 0.128. The van der Waals surface area contributed by atoms with Crippen molar-refractivity contribution >= 4 is 28.8 Å². The molecular formula is C13H13N3O4S. The van der Waals surface area contributed by atoms with Gasteiger partial charge in [-0.1, -0.05) is 6.92 Å². The van der Waals surface area contributed by atoms with Crippen LogP contribution in [0.1, 0.15) is 27.7 Å². The number of aromatic carboxylic acids is 1. The van der Waals surface area contributed by atoms with Crippen molar-refractivity contribution in [1.29, 1.82) is 0 Å². The molecule has 2 aromatic rings. The van der Waals surface area contributed by atoms with Crippen molar-refractivity contribution in [2.45, 2.75) is 19.9 Å². The number of nitrogens with zero attached hydrogens (tertiary/aromatic N) is 2. The van der Waals surface area contributed by atoms with Crippen LogP contribution < -0.4 is 5.32 Å². The monoisotopic (exact) mass is 307 g/mol. The third-order valence-electron chi connectivity index (χ3n) is 2.95. The number of thiophene rings is 1. The van der Waals surface area contributed by atoms with Gasteiger partial charge in [-0.2, -0.15) is 0 Å². The number of nitrogens with one attached hydrogen (secondary N) is 1. The highest BCUT2D eigenvalue weighted by atomic mass is 32.1. The summed E-state index contributed by atoms with van der Waals surface area (Å²) >= 11 is 1.57. The van der Waals surface area contributed by atoms with Crippen molar-refractivity contribution in [1.82, 2.24) is 4.98 Å². The summed E-state index contributed by atoms with van der Waals surface area (Å²) in [5.41, 5.74) is 0.633. The Hall–Kier alpha value is -2.48. The van der Waals surface area contributed by atoms with Gasteiger partial charge in [0.15, 0.2) is 0 Å². The Bertz CT molecular complexity index is 684. The summed E-state index contributed by atoms with van der Waals surface area (Å²) in [6, 6.07) is 3.02. The van der Waals surface area contributed by atoms with Crippen LogP contribution >= 0.6 is 11.3 Å². The second kappa shape index (κ2) is 6.31. The number of hydrogen-bond donors (Lipinski definition) is 2. The standard InChI is InChI=1S/C13H13N3O4S/c1-2-8-3-4-21-11(8)7-15-12-10(13(17)18)5-9(6-14-12)16(19)20/h3-6H,2,7H2,1H3,(H,14,15)(H,17,18). The highest BCUT2D eigenvalue weighted by Crippen LogP contribution is 2.22. The number of aryl methyl sites for hydroxylation is 1. The van der Waals surface area contributed by atoms with Crippen LogP contribution in [0.3, 0.4) is 0 Å². The van der Waals surface area contributed by atoms with E-state index in [-0.39, 0.29) is 17.1 Å². The lowest BCUT2D eigenvalue weighted by Crippen LogP contribution is -2.09. The second-order valence-corrected chi connectivity index (χ2v) is 5.23. The molecule has 0 aromatic carbocycles. The van der Waals surface area contributed by atoms with Gasteiger partial charge in [0, 0.05) is 10.9 Å². The van der Waals surface area contributed by atoms with E-state index >= 15 is 0 Å². The maximum Gasteiger partial charge on any atom is 0.339 e. The fourth-order valence-electron chi connectivity index (χ4n) is 1.86. The molecule has 2 rings (SSSR count). The maximum atomic E-state index is 11.2.